The molecule has 8 rings (SSSR count). The summed E-state index contributed by atoms with van der Waals surface area (Å²) in [7, 11) is -3.13. The van der Waals surface area contributed by atoms with Gasteiger partial charge in [-0.25, -0.2) is 17.2 Å². The smallest absolute Gasteiger partial charge is 0.319 e. The predicted octanol–water partition coefficient (Wildman–Crippen LogP) is 6.36. The Balaban J connectivity index is 1.21. The highest BCUT2D eigenvalue weighted by Gasteiger charge is 2.50. The summed E-state index contributed by atoms with van der Waals surface area (Å²) in [6.45, 7) is 4.57. The van der Waals surface area contributed by atoms with Crippen molar-refractivity contribution in [2.24, 2.45) is 0 Å². The van der Waals surface area contributed by atoms with Crippen molar-refractivity contribution < 1.29 is 27.0 Å². The largest absolute Gasteiger partial charge is 0.508 e. The third-order valence-electron chi connectivity index (χ3n) is 11.4. The summed E-state index contributed by atoms with van der Waals surface area (Å²) in [6, 6.07) is 12.4. The van der Waals surface area contributed by atoms with Crippen molar-refractivity contribution in [2.45, 2.75) is 74.7 Å². The number of benzene rings is 3. The molecule has 4 aromatic rings. The lowest BCUT2D eigenvalue weighted by Crippen LogP contribution is -2.47. The topological polar surface area (TPSA) is 95.9 Å². The minimum atomic E-state index is -3.13. The molecule has 4 aliphatic heterocycles. The van der Waals surface area contributed by atoms with Crippen molar-refractivity contribution in [2.75, 3.05) is 43.4 Å². The van der Waals surface area contributed by atoms with E-state index in [-0.39, 0.29) is 35.5 Å². The van der Waals surface area contributed by atoms with Crippen LogP contribution in [-0.2, 0) is 16.3 Å². The van der Waals surface area contributed by atoms with Crippen molar-refractivity contribution in [1.29, 1.82) is 0 Å². The minimum absolute atomic E-state index is 0.0841. The number of aryl methyl sites for hydroxylation is 1. The first kappa shape index (κ1) is 30.7. The molecule has 4 fully saturated rings. The van der Waals surface area contributed by atoms with Gasteiger partial charge in [-0.3, -0.25) is 4.90 Å². The van der Waals surface area contributed by atoms with E-state index in [1.807, 2.05) is 25.1 Å². The van der Waals surface area contributed by atoms with Gasteiger partial charge in [0.2, 0.25) is 0 Å². The Hall–Kier alpha value is -3.57. The van der Waals surface area contributed by atoms with Crippen molar-refractivity contribution in [3.63, 3.8) is 0 Å². The number of piperidine rings is 1. The molecule has 11 heteroatoms. The van der Waals surface area contributed by atoms with Crippen molar-refractivity contribution in [3.8, 4) is 22.9 Å². The number of halogens is 2. The third-order valence-corrected chi connectivity index (χ3v) is 14.1. The van der Waals surface area contributed by atoms with Gasteiger partial charge >= 0.3 is 6.01 Å². The first-order chi connectivity index (χ1) is 22.6. The van der Waals surface area contributed by atoms with Crippen molar-refractivity contribution >= 4 is 37.3 Å². The fourth-order valence-electron chi connectivity index (χ4n) is 8.93. The summed E-state index contributed by atoms with van der Waals surface area (Å²) in [5, 5.41) is 12.9. The van der Waals surface area contributed by atoms with Crippen LogP contribution in [0.1, 0.15) is 57.4 Å². The van der Waals surface area contributed by atoms with Crippen LogP contribution in [0.25, 0.3) is 32.8 Å². The van der Waals surface area contributed by atoms with E-state index in [9.17, 15) is 22.3 Å². The molecule has 1 aromatic heterocycles. The molecule has 0 saturated carbocycles. The molecule has 3 aromatic carbocycles. The van der Waals surface area contributed by atoms with Gasteiger partial charge in [0.05, 0.1) is 21.6 Å². The van der Waals surface area contributed by atoms with Gasteiger partial charge in [0, 0.05) is 31.4 Å². The molecule has 0 amide bonds. The fourth-order valence-corrected chi connectivity index (χ4v) is 11.1. The molecule has 1 spiro atoms. The molecule has 1 N–H and O–H groups in total. The van der Waals surface area contributed by atoms with E-state index in [1.54, 1.807) is 18.2 Å². The molecule has 4 aliphatic rings. The van der Waals surface area contributed by atoms with Crippen LogP contribution in [0, 0.1) is 5.82 Å². The van der Waals surface area contributed by atoms with Crippen LogP contribution in [0.4, 0.5) is 14.6 Å². The average molecular weight is 663 g/mol. The summed E-state index contributed by atoms with van der Waals surface area (Å²) in [5.41, 5.74) is 2.30. The van der Waals surface area contributed by atoms with E-state index in [4.69, 9.17) is 14.7 Å². The molecular formula is C36H40F2N4O4S. The van der Waals surface area contributed by atoms with E-state index in [1.165, 1.54) is 6.07 Å². The van der Waals surface area contributed by atoms with Gasteiger partial charge in [-0.1, -0.05) is 19.1 Å². The monoisotopic (exact) mass is 662 g/mol. The molecule has 0 unspecified atom stereocenters. The van der Waals surface area contributed by atoms with Gasteiger partial charge in [-0.05, 0) is 109 Å². The first-order valence-electron chi connectivity index (χ1n) is 16.9. The van der Waals surface area contributed by atoms with E-state index < -0.39 is 20.8 Å². The number of rotatable bonds is 6. The van der Waals surface area contributed by atoms with E-state index in [2.05, 4.69) is 9.80 Å². The lowest BCUT2D eigenvalue weighted by molar-refractivity contribution is 0.107. The normalized spacial score (nSPS) is 25.3. The summed E-state index contributed by atoms with van der Waals surface area (Å²) in [6.07, 6.45) is 4.42. The van der Waals surface area contributed by atoms with Gasteiger partial charge < -0.3 is 14.7 Å². The Labute approximate surface area is 273 Å². The highest BCUT2D eigenvalue weighted by molar-refractivity contribution is 7.93. The molecule has 0 aliphatic carbocycles. The van der Waals surface area contributed by atoms with Crippen LogP contribution in [0.3, 0.4) is 0 Å². The second-order valence-corrected chi connectivity index (χ2v) is 16.5. The highest BCUT2D eigenvalue weighted by Crippen LogP contribution is 2.44. The Bertz CT molecular complexity index is 2000. The molecule has 4 saturated heterocycles. The van der Waals surface area contributed by atoms with E-state index in [0.717, 1.165) is 41.1 Å². The number of nitrogens with zero attached hydrogens (tertiary/aromatic N) is 4. The molecule has 0 bridgehead atoms. The second-order valence-electron chi connectivity index (χ2n) is 14.0. The fraction of sp³-hybridized carbons (Fsp3) is 0.500. The molecule has 248 valence electrons. The van der Waals surface area contributed by atoms with Crippen LogP contribution in [0.2, 0.25) is 0 Å². The maximum atomic E-state index is 15.0. The van der Waals surface area contributed by atoms with E-state index in [0.29, 0.717) is 80.6 Å². The summed E-state index contributed by atoms with van der Waals surface area (Å²) >= 11 is 0. The van der Waals surface area contributed by atoms with Gasteiger partial charge in [0.15, 0.2) is 9.84 Å². The SMILES string of the molecule is CCc1c(F)ccc2cc(O)cc(-c3ccc4c(N5CCC6(CCCS6(=O)=O)CC5)nc(OC[C@@]56CCCN5C[C@H](F)C6)nc4c3)c12. The summed E-state index contributed by atoms with van der Waals surface area (Å²) < 4.78 is 61.2. The minimum Gasteiger partial charge on any atom is -0.508 e. The number of ether oxygens (including phenoxy) is 1. The number of fused-ring (bicyclic) bond motifs is 3. The molecule has 47 heavy (non-hydrogen) atoms. The molecule has 8 nitrogen and oxygen atoms in total. The number of aromatic hydroxyl groups is 1. The number of hydrogen-bond donors (Lipinski definition) is 1. The number of phenols is 1. The quantitative estimate of drug-likeness (QED) is 0.255. The number of alkyl halides is 1. The van der Waals surface area contributed by atoms with E-state index >= 15 is 0 Å². The Morgan fingerprint density at radius 2 is 1.85 bits per heavy atom. The molecular weight excluding hydrogens is 622 g/mol. The number of aromatic nitrogens is 2. The maximum absolute atomic E-state index is 15.0. The zero-order chi connectivity index (χ0) is 32.6. The first-order valence-corrected chi connectivity index (χ1v) is 18.5. The number of phenolic OH excluding ortho intramolecular Hbond substituents is 1. The van der Waals surface area contributed by atoms with Crippen LogP contribution in [-0.4, -0.2) is 83.4 Å². The number of sulfone groups is 1. The summed E-state index contributed by atoms with van der Waals surface area (Å²) in [5.74, 6) is 0.734. The van der Waals surface area contributed by atoms with Crippen LogP contribution in [0.15, 0.2) is 42.5 Å². The van der Waals surface area contributed by atoms with Crippen molar-refractivity contribution in [1.82, 2.24) is 14.9 Å². The third kappa shape index (κ3) is 5.03. The zero-order valence-corrected chi connectivity index (χ0v) is 27.5. The molecule has 2 atom stereocenters. The maximum Gasteiger partial charge on any atom is 0.319 e. The number of anilines is 1. The Morgan fingerprint density at radius 3 is 2.62 bits per heavy atom. The van der Waals surface area contributed by atoms with Gasteiger partial charge in [-0.2, -0.15) is 9.97 Å². The van der Waals surface area contributed by atoms with Crippen molar-refractivity contribution in [3.05, 3.63) is 53.8 Å². The molecule has 0 radical (unpaired) electrons. The molecule has 5 heterocycles. The van der Waals surface area contributed by atoms with Crippen LogP contribution in [0.5, 0.6) is 11.8 Å². The Morgan fingerprint density at radius 1 is 1.02 bits per heavy atom. The van der Waals surface area contributed by atoms with Gasteiger partial charge in [0.1, 0.15) is 30.2 Å². The van der Waals surface area contributed by atoms with Crippen LogP contribution >= 0.6 is 0 Å². The van der Waals surface area contributed by atoms with Gasteiger partial charge in [0.25, 0.3) is 0 Å². The number of hydrogen-bond acceptors (Lipinski definition) is 8. The Kier molecular flexibility index (Phi) is 7.36. The second kappa shape index (κ2) is 11.3. The predicted molar refractivity (Wildman–Crippen MR) is 179 cm³/mol. The lowest BCUT2D eigenvalue weighted by Gasteiger charge is -2.39. The van der Waals surface area contributed by atoms with Crippen LogP contribution < -0.4 is 9.64 Å². The highest BCUT2D eigenvalue weighted by atomic mass is 32.2. The standard InChI is InChI=1S/C36H40F2N4O4S/c1-2-27-30(38)8-6-24-17-26(43)19-29(32(24)27)23-5-7-28-31(18-23)39-34(46-22-35-9-3-13-42(35)21-25(37)20-35)40-33(28)41-14-11-36(12-15-41)10-4-16-47(36,44)45/h5-8,17-19,25,43H,2-4,9-16,20-22H2,1H3/t25-,35+/m1/s1. The average Bonchev–Trinajstić information content (AvgIpc) is 3.68. The summed E-state index contributed by atoms with van der Waals surface area (Å²) in [4.78, 5) is 14.1. The van der Waals surface area contributed by atoms with Gasteiger partial charge in [-0.15, -0.1) is 0 Å². The zero-order valence-electron chi connectivity index (χ0n) is 26.6. The lowest BCUT2D eigenvalue weighted by atomic mass is 9.91.